The summed E-state index contributed by atoms with van der Waals surface area (Å²) in [4.78, 5) is 0. The largest absolute Gasteiger partial charge is 0.493 e. The van der Waals surface area contributed by atoms with Gasteiger partial charge in [0.2, 0.25) is 0 Å². The second-order valence-electron chi connectivity index (χ2n) is 8.76. The molecule has 0 spiro atoms. The van der Waals surface area contributed by atoms with Crippen LogP contribution < -0.4 is 0 Å². The fourth-order valence-corrected chi connectivity index (χ4v) is 4.81. The Morgan fingerprint density at radius 1 is 1.17 bits per heavy atom. The third-order valence-corrected chi connectivity index (χ3v) is 6.05. The third kappa shape index (κ3) is 3.30. The number of ether oxygens (including phenoxy) is 1. The minimum absolute atomic E-state index is 0.150. The molecule has 3 rings (SSSR count). The molecule has 23 heavy (non-hydrogen) atoms. The highest BCUT2D eigenvalue weighted by Gasteiger charge is 2.36. The third-order valence-electron chi connectivity index (χ3n) is 6.05. The van der Waals surface area contributed by atoms with Gasteiger partial charge in [0.05, 0.1) is 0 Å². The second kappa shape index (κ2) is 6.49. The van der Waals surface area contributed by atoms with Gasteiger partial charge in [0.25, 0.3) is 0 Å². The number of hydrogen-bond donors (Lipinski definition) is 0. The van der Waals surface area contributed by atoms with Gasteiger partial charge in [0.1, 0.15) is 11.9 Å². The van der Waals surface area contributed by atoms with Gasteiger partial charge in [-0.05, 0) is 49.5 Å². The van der Waals surface area contributed by atoms with Crippen LogP contribution in [0.5, 0.6) is 0 Å². The first-order chi connectivity index (χ1) is 10.9. The molecule has 1 aliphatic heterocycles. The van der Waals surface area contributed by atoms with E-state index in [2.05, 4.69) is 52.8 Å². The lowest BCUT2D eigenvalue weighted by molar-refractivity contribution is 0.0753. The molecule has 0 radical (unpaired) electrons. The SMILES string of the molecule is CCC1C(C2CCCC2)=CC2CC=CC(C(C)(C)C)=C2OC1C. The molecule has 1 nitrogen and oxygen atoms in total. The average molecular weight is 315 g/mol. The zero-order valence-electron chi connectivity index (χ0n) is 15.7. The predicted octanol–water partition coefficient (Wildman–Crippen LogP) is 6.42. The van der Waals surface area contributed by atoms with E-state index < -0.39 is 0 Å². The molecular formula is C22H34O. The van der Waals surface area contributed by atoms with Gasteiger partial charge >= 0.3 is 0 Å². The molecule has 0 saturated heterocycles. The first kappa shape index (κ1) is 16.9. The lowest BCUT2D eigenvalue weighted by atomic mass is 9.77. The van der Waals surface area contributed by atoms with E-state index in [1.807, 2.05) is 0 Å². The van der Waals surface area contributed by atoms with Gasteiger partial charge in [-0.25, -0.2) is 0 Å². The molecule has 1 heterocycles. The van der Waals surface area contributed by atoms with Crippen LogP contribution in [0.15, 0.2) is 35.1 Å². The fourth-order valence-electron chi connectivity index (χ4n) is 4.81. The topological polar surface area (TPSA) is 9.23 Å². The zero-order valence-corrected chi connectivity index (χ0v) is 15.7. The van der Waals surface area contributed by atoms with E-state index in [1.165, 1.54) is 43.4 Å². The quantitative estimate of drug-likeness (QED) is 0.534. The summed E-state index contributed by atoms with van der Waals surface area (Å²) in [6, 6.07) is 0. The smallest absolute Gasteiger partial charge is 0.107 e. The van der Waals surface area contributed by atoms with E-state index in [0.717, 1.165) is 12.3 Å². The highest BCUT2D eigenvalue weighted by Crippen LogP contribution is 2.46. The summed E-state index contributed by atoms with van der Waals surface area (Å²) in [5.74, 6) is 3.13. The summed E-state index contributed by atoms with van der Waals surface area (Å²) in [5.41, 5.74) is 3.28. The molecule has 0 amide bonds. The first-order valence-corrected chi connectivity index (χ1v) is 9.71. The Bertz CT molecular complexity index is 523. The van der Waals surface area contributed by atoms with Gasteiger partial charge < -0.3 is 4.74 Å². The van der Waals surface area contributed by atoms with Gasteiger partial charge in [0, 0.05) is 11.8 Å². The van der Waals surface area contributed by atoms with Crippen LogP contribution in [-0.2, 0) is 4.74 Å². The van der Waals surface area contributed by atoms with E-state index in [9.17, 15) is 0 Å². The van der Waals surface area contributed by atoms with Gasteiger partial charge in [-0.15, -0.1) is 0 Å². The van der Waals surface area contributed by atoms with Crippen molar-refractivity contribution in [2.24, 2.45) is 23.2 Å². The maximum Gasteiger partial charge on any atom is 0.107 e. The van der Waals surface area contributed by atoms with Crippen LogP contribution in [-0.4, -0.2) is 6.10 Å². The molecule has 0 N–H and O–H groups in total. The van der Waals surface area contributed by atoms with Crippen LogP contribution in [0.3, 0.4) is 0 Å². The van der Waals surface area contributed by atoms with Crippen molar-refractivity contribution in [3.8, 4) is 0 Å². The van der Waals surface area contributed by atoms with Crippen molar-refractivity contribution in [2.75, 3.05) is 0 Å². The predicted molar refractivity (Wildman–Crippen MR) is 98.1 cm³/mol. The Morgan fingerprint density at radius 2 is 1.87 bits per heavy atom. The monoisotopic (exact) mass is 314 g/mol. The van der Waals surface area contributed by atoms with Crippen LogP contribution in [0.1, 0.15) is 73.1 Å². The standard InChI is InChI=1S/C22H34O/c1-6-18-15(2)23-21-17(12-9-13-20(21)22(3,4)5)14-19(18)16-10-7-8-11-16/h9,13-18H,6-8,10-12H2,1-5H3. The van der Waals surface area contributed by atoms with E-state index in [4.69, 9.17) is 4.74 Å². The molecule has 0 aromatic carbocycles. The normalized spacial score (nSPS) is 32.4. The van der Waals surface area contributed by atoms with E-state index in [-0.39, 0.29) is 5.41 Å². The molecule has 2 aliphatic carbocycles. The lowest BCUT2D eigenvalue weighted by Gasteiger charge is -2.32. The minimum atomic E-state index is 0.150. The molecule has 0 bridgehead atoms. The van der Waals surface area contributed by atoms with Crippen LogP contribution in [0.4, 0.5) is 0 Å². The van der Waals surface area contributed by atoms with Crippen LogP contribution in [0, 0.1) is 23.2 Å². The molecule has 1 saturated carbocycles. The Labute approximate surface area is 142 Å². The zero-order chi connectivity index (χ0) is 16.6. The molecule has 0 aromatic rings. The lowest BCUT2D eigenvalue weighted by Crippen LogP contribution is -2.25. The van der Waals surface area contributed by atoms with Gasteiger partial charge in [-0.1, -0.05) is 64.3 Å². The van der Waals surface area contributed by atoms with Gasteiger partial charge in [-0.2, -0.15) is 0 Å². The summed E-state index contributed by atoms with van der Waals surface area (Å²) in [5, 5.41) is 0. The maximum atomic E-state index is 6.62. The van der Waals surface area contributed by atoms with Crippen molar-refractivity contribution in [3.05, 3.63) is 35.1 Å². The summed E-state index contributed by atoms with van der Waals surface area (Å²) in [6.45, 7) is 11.5. The van der Waals surface area contributed by atoms with Gasteiger partial charge in [0.15, 0.2) is 0 Å². The summed E-state index contributed by atoms with van der Waals surface area (Å²) in [6.07, 6.45) is 15.5. The number of fused-ring (bicyclic) bond motifs is 1. The molecule has 128 valence electrons. The maximum absolute atomic E-state index is 6.62. The van der Waals surface area contributed by atoms with Gasteiger partial charge in [-0.3, -0.25) is 0 Å². The molecule has 3 aliphatic rings. The fraction of sp³-hybridized carbons (Fsp3) is 0.727. The molecular weight excluding hydrogens is 280 g/mol. The van der Waals surface area contributed by atoms with Crippen molar-refractivity contribution >= 4 is 0 Å². The number of rotatable bonds is 2. The Morgan fingerprint density at radius 3 is 2.48 bits per heavy atom. The summed E-state index contributed by atoms with van der Waals surface area (Å²) >= 11 is 0. The Kier molecular flexibility index (Phi) is 4.76. The average Bonchev–Trinajstić information content (AvgIpc) is 2.96. The van der Waals surface area contributed by atoms with Crippen molar-refractivity contribution in [2.45, 2.75) is 79.2 Å². The van der Waals surface area contributed by atoms with Crippen molar-refractivity contribution < 1.29 is 4.74 Å². The number of hydrogen-bond acceptors (Lipinski definition) is 1. The summed E-state index contributed by atoms with van der Waals surface area (Å²) in [7, 11) is 0. The van der Waals surface area contributed by atoms with Crippen LogP contribution in [0.2, 0.25) is 0 Å². The minimum Gasteiger partial charge on any atom is -0.493 e. The highest BCUT2D eigenvalue weighted by atomic mass is 16.5. The van der Waals surface area contributed by atoms with Crippen molar-refractivity contribution in [1.29, 1.82) is 0 Å². The molecule has 3 unspecified atom stereocenters. The van der Waals surface area contributed by atoms with Crippen LogP contribution >= 0.6 is 0 Å². The van der Waals surface area contributed by atoms with E-state index in [0.29, 0.717) is 17.9 Å². The summed E-state index contributed by atoms with van der Waals surface area (Å²) < 4.78 is 6.62. The Hall–Kier alpha value is -0.980. The second-order valence-corrected chi connectivity index (χ2v) is 8.76. The molecule has 1 heteroatoms. The first-order valence-electron chi connectivity index (χ1n) is 9.71. The van der Waals surface area contributed by atoms with Crippen molar-refractivity contribution in [3.63, 3.8) is 0 Å². The van der Waals surface area contributed by atoms with E-state index in [1.54, 1.807) is 5.57 Å². The number of allylic oxidation sites excluding steroid dienone is 4. The molecule has 3 atom stereocenters. The van der Waals surface area contributed by atoms with Crippen molar-refractivity contribution in [1.82, 2.24) is 0 Å². The Balaban J connectivity index is 2.03. The molecule has 1 fully saturated rings. The van der Waals surface area contributed by atoms with E-state index >= 15 is 0 Å². The molecule has 0 aromatic heterocycles. The highest BCUT2D eigenvalue weighted by molar-refractivity contribution is 5.37. The van der Waals surface area contributed by atoms with Crippen LogP contribution in [0.25, 0.3) is 0 Å².